The lowest BCUT2D eigenvalue weighted by molar-refractivity contribution is -0.137. The zero-order valence-electron chi connectivity index (χ0n) is 19.3. The van der Waals surface area contributed by atoms with Gasteiger partial charge in [0.25, 0.3) is 0 Å². The molecule has 1 aliphatic rings. The molecule has 0 atom stereocenters. The summed E-state index contributed by atoms with van der Waals surface area (Å²) in [5, 5.41) is 16.6. The number of benzene rings is 2. The van der Waals surface area contributed by atoms with Crippen molar-refractivity contribution >= 4 is 22.7 Å². The van der Waals surface area contributed by atoms with Gasteiger partial charge in [0.15, 0.2) is 5.82 Å². The molecule has 6 nitrogen and oxygen atoms in total. The maximum atomic E-state index is 12.9. The van der Waals surface area contributed by atoms with Gasteiger partial charge in [-0.05, 0) is 52.2 Å². The van der Waals surface area contributed by atoms with Crippen LogP contribution in [0.25, 0.3) is 22.0 Å². The van der Waals surface area contributed by atoms with Gasteiger partial charge in [-0.15, -0.1) is 10.2 Å². The Morgan fingerprint density at radius 3 is 2.21 bits per heavy atom. The zero-order valence-corrected chi connectivity index (χ0v) is 19.3. The number of hydrogen-bond donors (Lipinski definition) is 2. The monoisotopic (exact) mass is 472 g/mol. The summed E-state index contributed by atoms with van der Waals surface area (Å²) in [4.78, 5) is 12.1. The number of halogens is 3. The van der Waals surface area contributed by atoms with E-state index in [1.165, 1.54) is 12.1 Å². The van der Waals surface area contributed by atoms with Crippen LogP contribution in [0.5, 0.6) is 0 Å². The number of carbonyl (C=O) groups excluding carboxylic acids is 1. The van der Waals surface area contributed by atoms with E-state index >= 15 is 0 Å². The Morgan fingerprint density at radius 1 is 1.00 bits per heavy atom. The molecule has 1 heterocycles. The molecular weight excluding hydrogens is 445 g/mol. The van der Waals surface area contributed by atoms with Crippen molar-refractivity contribution in [3.63, 3.8) is 0 Å². The third-order valence-electron chi connectivity index (χ3n) is 5.84. The lowest BCUT2D eigenvalue weighted by Crippen LogP contribution is -2.54. The van der Waals surface area contributed by atoms with Crippen LogP contribution in [-0.4, -0.2) is 34.0 Å². The summed E-state index contributed by atoms with van der Waals surface area (Å²) < 4.78 is 44.2. The molecule has 4 rings (SSSR count). The number of hydrogen-bond acceptors (Lipinski definition) is 5. The maximum absolute atomic E-state index is 12.9. The topological polar surface area (TPSA) is 76.1 Å². The number of fused-ring (bicyclic) bond motifs is 1. The van der Waals surface area contributed by atoms with Crippen LogP contribution in [0.4, 0.5) is 23.8 Å². The van der Waals surface area contributed by atoms with E-state index in [9.17, 15) is 18.0 Å². The van der Waals surface area contributed by atoms with Crippen molar-refractivity contribution in [2.24, 2.45) is 0 Å². The Kier molecular flexibility index (Phi) is 6.14. The lowest BCUT2D eigenvalue weighted by atomic mass is 9.76. The first-order valence-corrected chi connectivity index (χ1v) is 11.1. The van der Waals surface area contributed by atoms with E-state index in [4.69, 9.17) is 4.74 Å². The van der Waals surface area contributed by atoms with Crippen molar-refractivity contribution in [2.45, 2.75) is 57.3 Å². The predicted octanol–water partition coefficient (Wildman–Crippen LogP) is 6.17. The van der Waals surface area contributed by atoms with Gasteiger partial charge in [-0.3, -0.25) is 0 Å². The molecule has 2 aromatic carbocycles. The van der Waals surface area contributed by atoms with Crippen molar-refractivity contribution in [1.82, 2.24) is 15.5 Å². The molecular formula is C25H27F3N4O2. The number of nitrogens with zero attached hydrogens (tertiary/aromatic N) is 2. The van der Waals surface area contributed by atoms with Crippen LogP contribution in [0, 0.1) is 0 Å². The molecule has 1 amide bonds. The normalized spacial score (nSPS) is 15.5. The molecule has 0 aliphatic heterocycles. The minimum absolute atomic E-state index is 0.371. The van der Waals surface area contributed by atoms with Gasteiger partial charge in [0.2, 0.25) is 0 Å². The van der Waals surface area contributed by atoms with E-state index in [2.05, 4.69) is 20.8 Å². The van der Waals surface area contributed by atoms with Gasteiger partial charge in [0.05, 0.1) is 11.1 Å². The highest BCUT2D eigenvalue weighted by Crippen LogP contribution is 2.38. The number of ether oxygens (including phenoxy) is 1. The fraction of sp³-hybridized carbons (Fsp3) is 0.400. The second-order valence-electron chi connectivity index (χ2n) is 9.63. The number of aromatic nitrogens is 2. The first-order valence-electron chi connectivity index (χ1n) is 11.1. The molecule has 1 aromatic heterocycles. The SMILES string of the molecule is CC(C)(C)OC(=O)NCC1(Nc2nnc(-c3ccc(C(F)(F)F)cc3)c3ccccc23)CCC1. The van der Waals surface area contributed by atoms with Crippen LogP contribution in [0.3, 0.4) is 0 Å². The van der Waals surface area contributed by atoms with Crippen molar-refractivity contribution in [3.05, 3.63) is 54.1 Å². The van der Waals surface area contributed by atoms with Crippen molar-refractivity contribution < 1.29 is 22.7 Å². The highest BCUT2D eigenvalue weighted by molar-refractivity contribution is 6.00. The standard InChI is InChI=1S/C25H27F3N4O2/c1-23(2,3)34-22(33)29-15-24(13-6-14-24)30-21-19-8-5-4-7-18(19)20(31-32-21)16-9-11-17(12-10-16)25(26,27)28/h4-5,7-12H,6,13-15H2,1-3H3,(H,29,33)(H,30,32). The highest BCUT2D eigenvalue weighted by atomic mass is 19.4. The van der Waals surface area contributed by atoms with Crippen LogP contribution in [0.1, 0.15) is 45.6 Å². The molecule has 1 fully saturated rings. The van der Waals surface area contributed by atoms with Gasteiger partial charge in [-0.2, -0.15) is 13.2 Å². The predicted molar refractivity (Wildman–Crippen MR) is 124 cm³/mol. The van der Waals surface area contributed by atoms with E-state index in [0.29, 0.717) is 23.6 Å². The van der Waals surface area contributed by atoms with Gasteiger partial charge < -0.3 is 15.4 Å². The third kappa shape index (κ3) is 5.24. The summed E-state index contributed by atoms with van der Waals surface area (Å²) in [6.45, 7) is 5.80. The summed E-state index contributed by atoms with van der Waals surface area (Å²) in [7, 11) is 0. The Labute approximate surface area is 195 Å². The molecule has 34 heavy (non-hydrogen) atoms. The largest absolute Gasteiger partial charge is 0.444 e. The summed E-state index contributed by atoms with van der Waals surface area (Å²) in [5.74, 6) is 0.567. The zero-order chi connectivity index (χ0) is 24.6. The van der Waals surface area contributed by atoms with Gasteiger partial charge in [-0.1, -0.05) is 36.4 Å². The molecule has 3 aromatic rings. The molecule has 2 N–H and O–H groups in total. The second-order valence-corrected chi connectivity index (χ2v) is 9.63. The molecule has 180 valence electrons. The quantitative estimate of drug-likeness (QED) is 0.464. The van der Waals surface area contributed by atoms with Crippen LogP contribution in [0.2, 0.25) is 0 Å². The van der Waals surface area contributed by atoms with E-state index in [1.807, 2.05) is 45.0 Å². The number of anilines is 1. The molecule has 0 radical (unpaired) electrons. The van der Waals surface area contributed by atoms with Crippen molar-refractivity contribution in [3.8, 4) is 11.3 Å². The summed E-state index contributed by atoms with van der Waals surface area (Å²) in [6.07, 6.45) is -2.17. The van der Waals surface area contributed by atoms with Crippen LogP contribution >= 0.6 is 0 Å². The minimum atomic E-state index is -4.40. The minimum Gasteiger partial charge on any atom is -0.444 e. The van der Waals surface area contributed by atoms with Gasteiger partial charge >= 0.3 is 12.3 Å². The number of nitrogens with one attached hydrogen (secondary N) is 2. The summed E-state index contributed by atoms with van der Waals surface area (Å²) >= 11 is 0. The Morgan fingerprint density at radius 2 is 1.65 bits per heavy atom. The van der Waals surface area contributed by atoms with E-state index < -0.39 is 23.4 Å². The number of alkyl halides is 3. The average molecular weight is 473 g/mol. The Balaban J connectivity index is 1.59. The maximum Gasteiger partial charge on any atom is 0.416 e. The Hall–Kier alpha value is -3.36. The number of carbonyl (C=O) groups is 1. The van der Waals surface area contributed by atoms with Crippen molar-refractivity contribution in [2.75, 3.05) is 11.9 Å². The number of alkyl carbamates (subject to hydrolysis) is 1. The Bertz CT molecular complexity index is 1180. The van der Waals surface area contributed by atoms with Crippen LogP contribution < -0.4 is 10.6 Å². The fourth-order valence-electron chi connectivity index (χ4n) is 3.98. The number of amides is 1. The first kappa shape index (κ1) is 23.8. The molecule has 9 heteroatoms. The number of rotatable bonds is 5. The molecule has 0 bridgehead atoms. The van der Waals surface area contributed by atoms with Gasteiger partial charge in [-0.25, -0.2) is 4.79 Å². The molecule has 1 saturated carbocycles. The first-order chi connectivity index (χ1) is 16.0. The van der Waals surface area contributed by atoms with E-state index in [-0.39, 0.29) is 5.54 Å². The second kappa shape index (κ2) is 8.77. The summed E-state index contributed by atoms with van der Waals surface area (Å²) in [6, 6.07) is 12.4. The highest BCUT2D eigenvalue weighted by Gasteiger charge is 2.38. The summed E-state index contributed by atoms with van der Waals surface area (Å²) in [5.41, 5.74) is -0.613. The third-order valence-corrected chi connectivity index (χ3v) is 5.84. The van der Waals surface area contributed by atoms with Crippen molar-refractivity contribution in [1.29, 1.82) is 0 Å². The van der Waals surface area contributed by atoms with Crippen LogP contribution in [0.15, 0.2) is 48.5 Å². The molecule has 1 aliphatic carbocycles. The van der Waals surface area contributed by atoms with Crippen LogP contribution in [-0.2, 0) is 10.9 Å². The average Bonchev–Trinajstić information content (AvgIpc) is 2.74. The molecule has 0 spiro atoms. The molecule has 0 saturated heterocycles. The van der Waals surface area contributed by atoms with Gasteiger partial charge in [0.1, 0.15) is 11.3 Å². The van der Waals surface area contributed by atoms with E-state index in [1.54, 1.807) is 0 Å². The molecule has 0 unspecified atom stereocenters. The van der Waals surface area contributed by atoms with Gasteiger partial charge in [0, 0.05) is 22.9 Å². The van der Waals surface area contributed by atoms with E-state index in [0.717, 1.165) is 42.2 Å². The fourth-order valence-corrected chi connectivity index (χ4v) is 3.98. The smallest absolute Gasteiger partial charge is 0.416 e. The lowest BCUT2D eigenvalue weighted by Gasteiger charge is -2.43.